The Morgan fingerprint density at radius 3 is 2.79 bits per heavy atom. The van der Waals surface area contributed by atoms with Crippen molar-refractivity contribution in [3.05, 3.63) is 65.2 Å². The lowest BCUT2D eigenvalue weighted by Crippen LogP contribution is -2.47. The first-order valence-corrected chi connectivity index (χ1v) is 9.85. The summed E-state index contributed by atoms with van der Waals surface area (Å²) in [5.74, 6) is 0.849. The van der Waals surface area contributed by atoms with Crippen molar-refractivity contribution in [2.24, 2.45) is 12.0 Å². The van der Waals surface area contributed by atoms with Gasteiger partial charge in [-0.25, -0.2) is 4.68 Å². The smallest absolute Gasteiger partial charge is 0.194 e. The van der Waals surface area contributed by atoms with Gasteiger partial charge in [0.05, 0.1) is 31.2 Å². The minimum absolute atomic E-state index is 0.0105. The molecule has 1 aromatic carbocycles. The third-order valence-corrected chi connectivity index (χ3v) is 5.10. The number of rotatable bonds is 4. The number of aryl methyl sites for hydroxylation is 1. The van der Waals surface area contributed by atoms with Gasteiger partial charge in [-0.1, -0.05) is 11.6 Å². The zero-order valence-corrected chi connectivity index (χ0v) is 17.3. The zero-order chi connectivity index (χ0) is 20.2. The Kier molecular flexibility index (Phi) is 5.82. The summed E-state index contributed by atoms with van der Waals surface area (Å²) in [6.07, 6.45) is 7.70. The molecule has 1 saturated heterocycles. The zero-order valence-electron chi connectivity index (χ0n) is 16.5. The molecule has 1 fully saturated rings. The number of hydrogen-bond acceptors (Lipinski definition) is 4. The number of nitrogens with one attached hydrogen (secondary N) is 1. The Balaban J connectivity index is 1.37. The lowest BCUT2D eigenvalue weighted by Gasteiger charge is -2.34. The Bertz CT molecular complexity index is 979. The van der Waals surface area contributed by atoms with Crippen LogP contribution in [0.25, 0.3) is 5.69 Å². The highest BCUT2D eigenvalue weighted by molar-refractivity contribution is 6.30. The first-order valence-electron chi connectivity index (χ1n) is 9.47. The van der Waals surface area contributed by atoms with Gasteiger partial charge in [-0.05, 0) is 24.3 Å². The van der Waals surface area contributed by atoms with Crippen LogP contribution in [0.4, 0.5) is 0 Å². The van der Waals surface area contributed by atoms with Crippen LogP contribution < -0.4 is 5.32 Å². The van der Waals surface area contributed by atoms with Crippen LogP contribution in [0.1, 0.15) is 17.2 Å². The van der Waals surface area contributed by atoms with Crippen molar-refractivity contribution < 1.29 is 4.74 Å². The van der Waals surface area contributed by atoms with E-state index in [4.69, 9.17) is 16.3 Å². The molecule has 0 bridgehead atoms. The molecule has 1 N–H and O–H groups in total. The summed E-state index contributed by atoms with van der Waals surface area (Å²) in [5.41, 5.74) is 3.12. The lowest BCUT2D eigenvalue weighted by atomic mass is 10.1. The second-order valence-corrected chi connectivity index (χ2v) is 7.36. The van der Waals surface area contributed by atoms with Gasteiger partial charge in [0.2, 0.25) is 0 Å². The highest BCUT2D eigenvalue weighted by atomic mass is 35.5. The summed E-state index contributed by atoms with van der Waals surface area (Å²) in [6.45, 7) is 2.81. The summed E-state index contributed by atoms with van der Waals surface area (Å²) in [5, 5.41) is 12.8. The molecule has 8 nitrogen and oxygen atoms in total. The van der Waals surface area contributed by atoms with Gasteiger partial charge in [-0.2, -0.15) is 10.2 Å². The molecule has 1 unspecified atom stereocenters. The molecule has 152 valence electrons. The molecule has 1 aliphatic heterocycles. The molecule has 29 heavy (non-hydrogen) atoms. The van der Waals surface area contributed by atoms with Crippen LogP contribution in [0, 0.1) is 0 Å². The van der Waals surface area contributed by atoms with E-state index in [9.17, 15) is 0 Å². The topological polar surface area (TPSA) is 72.5 Å². The Hall–Kier alpha value is -2.84. The standard InChI is InChI=1S/C20H24ClN7O/c1-22-20(27-7-8-29-19(14-27)16-11-24-26(2)13-16)23-9-15-10-25-28(12-15)18-5-3-17(21)4-6-18/h3-6,10-13,19H,7-9,14H2,1-2H3,(H,22,23). The number of ether oxygens (including phenoxy) is 1. The van der Waals surface area contributed by atoms with Gasteiger partial charge in [0, 0.05) is 55.7 Å². The highest BCUT2D eigenvalue weighted by Gasteiger charge is 2.25. The quantitative estimate of drug-likeness (QED) is 0.525. The van der Waals surface area contributed by atoms with Crippen molar-refractivity contribution in [2.45, 2.75) is 12.6 Å². The maximum Gasteiger partial charge on any atom is 0.194 e. The number of aromatic nitrogens is 4. The third kappa shape index (κ3) is 4.60. The number of hydrogen-bond donors (Lipinski definition) is 1. The molecule has 9 heteroatoms. The second-order valence-electron chi connectivity index (χ2n) is 6.92. The van der Waals surface area contributed by atoms with E-state index in [1.165, 1.54) is 0 Å². The van der Waals surface area contributed by atoms with Crippen molar-refractivity contribution in [3.8, 4) is 5.69 Å². The van der Waals surface area contributed by atoms with E-state index in [2.05, 4.69) is 25.4 Å². The molecule has 0 amide bonds. The molecule has 0 saturated carbocycles. The maximum atomic E-state index is 5.96. The summed E-state index contributed by atoms with van der Waals surface area (Å²) in [6, 6.07) is 7.60. The maximum absolute atomic E-state index is 5.96. The van der Waals surface area contributed by atoms with Crippen LogP contribution >= 0.6 is 11.6 Å². The predicted octanol–water partition coefficient (Wildman–Crippen LogP) is 2.41. The summed E-state index contributed by atoms with van der Waals surface area (Å²) >= 11 is 5.96. The minimum Gasteiger partial charge on any atom is -0.370 e. The number of benzene rings is 1. The van der Waals surface area contributed by atoms with E-state index in [-0.39, 0.29) is 6.10 Å². The Morgan fingerprint density at radius 1 is 1.24 bits per heavy atom. The molecular formula is C20H24ClN7O. The van der Waals surface area contributed by atoms with E-state index in [0.717, 1.165) is 35.9 Å². The highest BCUT2D eigenvalue weighted by Crippen LogP contribution is 2.21. The molecule has 1 atom stereocenters. The van der Waals surface area contributed by atoms with Gasteiger partial charge in [-0.3, -0.25) is 9.67 Å². The van der Waals surface area contributed by atoms with Crippen LogP contribution in [0.15, 0.2) is 54.0 Å². The SMILES string of the molecule is CN=C(NCc1cnn(-c2ccc(Cl)cc2)c1)N1CCOC(c2cnn(C)c2)C1. The van der Waals surface area contributed by atoms with Crippen molar-refractivity contribution in [3.63, 3.8) is 0 Å². The molecule has 4 rings (SSSR count). The summed E-state index contributed by atoms with van der Waals surface area (Å²) < 4.78 is 9.56. The van der Waals surface area contributed by atoms with E-state index < -0.39 is 0 Å². The van der Waals surface area contributed by atoms with Crippen LogP contribution in [0.5, 0.6) is 0 Å². The van der Waals surface area contributed by atoms with Gasteiger partial charge in [0.15, 0.2) is 5.96 Å². The molecule has 0 radical (unpaired) electrons. The van der Waals surface area contributed by atoms with Crippen molar-refractivity contribution >= 4 is 17.6 Å². The van der Waals surface area contributed by atoms with Crippen molar-refractivity contribution in [2.75, 3.05) is 26.7 Å². The second kappa shape index (κ2) is 8.67. The van der Waals surface area contributed by atoms with Gasteiger partial charge < -0.3 is 15.0 Å². The monoisotopic (exact) mass is 413 g/mol. The summed E-state index contributed by atoms with van der Waals surface area (Å²) in [4.78, 5) is 6.66. The molecule has 0 spiro atoms. The van der Waals surface area contributed by atoms with Gasteiger partial charge in [0.25, 0.3) is 0 Å². The molecule has 1 aliphatic rings. The largest absolute Gasteiger partial charge is 0.370 e. The van der Waals surface area contributed by atoms with Crippen LogP contribution in [-0.4, -0.2) is 57.2 Å². The first kappa shape index (κ1) is 19.5. The fraction of sp³-hybridized carbons (Fsp3) is 0.350. The number of guanidine groups is 1. The number of nitrogens with zero attached hydrogens (tertiary/aromatic N) is 6. The molecule has 2 aromatic heterocycles. The van der Waals surface area contributed by atoms with Gasteiger partial charge >= 0.3 is 0 Å². The van der Waals surface area contributed by atoms with E-state index in [1.54, 1.807) is 11.7 Å². The number of aliphatic imine (C=N–C) groups is 1. The van der Waals surface area contributed by atoms with E-state index in [1.807, 2.05) is 60.8 Å². The van der Waals surface area contributed by atoms with Crippen LogP contribution in [0.3, 0.4) is 0 Å². The summed E-state index contributed by atoms with van der Waals surface area (Å²) in [7, 11) is 3.71. The Labute approximate surface area is 174 Å². The van der Waals surface area contributed by atoms with Crippen LogP contribution in [-0.2, 0) is 18.3 Å². The van der Waals surface area contributed by atoms with E-state index in [0.29, 0.717) is 18.2 Å². The average Bonchev–Trinajstić information content (AvgIpc) is 3.39. The van der Waals surface area contributed by atoms with Gasteiger partial charge in [0.1, 0.15) is 6.10 Å². The lowest BCUT2D eigenvalue weighted by molar-refractivity contribution is -0.00805. The normalized spacial score (nSPS) is 17.6. The predicted molar refractivity (Wildman–Crippen MR) is 112 cm³/mol. The van der Waals surface area contributed by atoms with E-state index >= 15 is 0 Å². The Morgan fingerprint density at radius 2 is 2.07 bits per heavy atom. The van der Waals surface area contributed by atoms with Crippen molar-refractivity contribution in [1.82, 2.24) is 29.8 Å². The molecule has 3 aromatic rings. The first-order chi connectivity index (χ1) is 14.1. The third-order valence-electron chi connectivity index (χ3n) is 4.85. The number of morpholine rings is 1. The molecule has 0 aliphatic carbocycles. The number of halogens is 1. The average molecular weight is 414 g/mol. The molecular weight excluding hydrogens is 390 g/mol. The van der Waals surface area contributed by atoms with Crippen LogP contribution in [0.2, 0.25) is 5.02 Å². The van der Waals surface area contributed by atoms with Gasteiger partial charge in [-0.15, -0.1) is 0 Å². The fourth-order valence-corrected chi connectivity index (χ4v) is 3.48. The fourth-order valence-electron chi connectivity index (χ4n) is 3.35. The molecule has 3 heterocycles. The minimum atomic E-state index is -0.0105. The van der Waals surface area contributed by atoms with Crippen molar-refractivity contribution in [1.29, 1.82) is 0 Å².